The van der Waals surface area contributed by atoms with E-state index in [1.165, 1.54) is 0 Å². The minimum Gasteiger partial charge on any atom is -0.494 e. The number of hydrogen-bond acceptors (Lipinski definition) is 4. The molecule has 25 heavy (non-hydrogen) atoms. The second kappa shape index (κ2) is 7.26. The number of carbonyl (C=O) groups excluding carboxylic acids is 2. The molecule has 1 aromatic carbocycles. The topological polar surface area (TPSA) is 82.7 Å². The molecule has 1 saturated carbocycles. The van der Waals surface area contributed by atoms with Gasteiger partial charge in [-0.3, -0.25) is 10.2 Å². The number of nitrogens with zero attached hydrogens (tertiary/aromatic N) is 1. The molecule has 1 saturated heterocycles. The first-order valence-electron chi connectivity index (χ1n) is 8.51. The highest BCUT2D eigenvalue weighted by atomic mass is 32.1. The van der Waals surface area contributed by atoms with E-state index in [4.69, 9.17) is 17.0 Å². The summed E-state index contributed by atoms with van der Waals surface area (Å²) < 4.78 is 5.38. The van der Waals surface area contributed by atoms with Crippen LogP contribution in [0.15, 0.2) is 24.3 Å². The molecule has 0 unspecified atom stereocenters. The van der Waals surface area contributed by atoms with E-state index in [1.807, 2.05) is 31.2 Å². The molecule has 134 valence electrons. The fourth-order valence-corrected chi connectivity index (χ4v) is 3.49. The largest absolute Gasteiger partial charge is 0.494 e. The molecule has 0 aromatic heterocycles. The molecule has 2 fully saturated rings. The maximum absolute atomic E-state index is 12.7. The van der Waals surface area contributed by atoms with Gasteiger partial charge < -0.3 is 15.4 Å². The summed E-state index contributed by atoms with van der Waals surface area (Å²) in [6, 6.07) is 6.81. The van der Waals surface area contributed by atoms with E-state index in [0.717, 1.165) is 35.7 Å². The molecule has 2 aliphatic rings. The lowest BCUT2D eigenvalue weighted by Crippen LogP contribution is -2.51. The smallest absolute Gasteiger partial charge is 0.344 e. The number of anilines is 1. The molecule has 3 amide bonds. The minimum atomic E-state index is -0.767. The molecule has 8 heteroatoms. The molecule has 1 heterocycles. The quantitative estimate of drug-likeness (QED) is 0.564. The Labute approximate surface area is 152 Å². The summed E-state index contributed by atoms with van der Waals surface area (Å²) in [5.74, 6) is 0.508. The summed E-state index contributed by atoms with van der Waals surface area (Å²) in [6.07, 6.45) is 4.32. The lowest BCUT2D eigenvalue weighted by molar-refractivity contribution is -0.133. The van der Waals surface area contributed by atoms with Crippen LogP contribution in [0.25, 0.3) is 0 Å². The van der Waals surface area contributed by atoms with Gasteiger partial charge in [0.05, 0.1) is 6.61 Å². The Morgan fingerprint density at radius 1 is 1.24 bits per heavy atom. The van der Waals surface area contributed by atoms with Crippen LogP contribution < -0.4 is 20.8 Å². The highest BCUT2D eigenvalue weighted by molar-refractivity contribution is 7.80. The second-order valence-corrected chi connectivity index (χ2v) is 6.65. The number of thiocarbonyl (C=S) groups is 1. The van der Waals surface area contributed by atoms with Crippen LogP contribution in [0, 0.1) is 0 Å². The fraction of sp³-hybridized carbons (Fsp3) is 0.471. The molecular formula is C17H22N4O3S. The van der Waals surface area contributed by atoms with Crippen molar-refractivity contribution in [3.8, 4) is 5.75 Å². The molecule has 1 aliphatic carbocycles. The molecule has 3 N–H and O–H groups in total. The van der Waals surface area contributed by atoms with E-state index in [-0.39, 0.29) is 11.0 Å². The van der Waals surface area contributed by atoms with Crippen molar-refractivity contribution in [2.45, 2.75) is 44.6 Å². The second-order valence-electron chi connectivity index (χ2n) is 6.24. The highest BCUT2D eigenvalue weighted by Crippen LogP contribution is 2.33. The Kier molecular flexibility index (Phi) is 5.08. The number of carbonyl (C=O) groups is 2. The predicted molar refractivity (Wildman–Crippen MR) is 98.2 cm³/mol. The number of amides is 3. The molecule has 7 nitrogen and oxygen atoms in total. The van der Waals surface area contributed by atoms with Crippen LogP contribution >= 0.6 is 12.2 Å². The predicted octanol–water partition coefficient (Wildman–Crippen LogP) is 2.54. The zero-order valence-corrected chi connectivity index (χ0v) is 14.9. The van der Waals surface area contributed by atoms with E-state index in [2.05, 4.69) is 16.1 Å². The average Bonchev–Trinajstić information content (AvgIpc) is 2.82. The van der Waals surface area contributed by atoms with Crippen molar-refractivity contribution in [3.05, 3.63) is 24.3 Å². The van der Waals surface area contributed by atoms with Gasteiger partial charge in [-0.1, -0.05) is 19.3 Å². The SMILES string of the molecule is CCOc1ccc(NC(=S)NN2C(=O)NC3(CCCCC3)C2=O)cc1. The van der Waals surface area contributed by atoms with Crippen molar-refractivity contribution in [3.63, 3.8) is 0 Å². The van der Waals surface area contributed by atoms with Gasteiger partial charge in [-0.15, -0.1) is 0 Å². The normalized spacial score (nSPS) is 18.8. The van der Waals surface area contributed by atoms with E-state index in [9.17, 15) is 9.59 Å². The molecule has 0 bridgehead atoms. The van der Waals surface area contributed by atoms with Gasteiger partial charge in [0.15, 0.2) is 5.11 Å². The van der Waals surface area contributed by atoms with E-state index in [0.29, 0.717) is 19.4 Å². The lowest BCUT2D eigenvalue weighted by atomic mass is 9.82. The van der Waals surface area contributed by atoms with Crippen LogP contribution in [-0.2, 0) is 4.79 Å². The number of nitrogens with one attached hydrogen (secondary N) is 3. The van der Waals surface area contributed by atoms with Crippen LogP contribution in [-0.4, -0.2) is 34.2 Å². The zero-order valence-electron chi connectivity index (χ0n) is 14.1. The van der Waals surface area contributed by atoms with Gasteiger partial charge >= 0.3 is 6.03 Å². The summed E-state index contributed by atoms with van der Waals surface area (Å²) in [4.78, 5) is 24.9. The highest BCUT2D eigenvalue weighted by Gasteiger charge is 2.51. The molecular weight excluding hydrogens is 340 g/mol. The molecule has 1 aliphatic heterocycles. The standard InChI is InChI=1S/C17H22N4O3S/c1-2-24-13-8-6-12(7-9-13)18-15(25)20-21-14(22)17(19-16(21)23)10-4-3-5-11-17/h6-9H,2-5,10-11H2,1H3,(H,19,23)(H2,18,20,25). The first kappa shape index (κ1) is 17.5. The van der Waals surface area contributed by atoms with Crippen LogP contribution in [0.2, 0.25) is 0 Å². The van der Waals surface area contributed by atoms with Crippen LogP contribution in [0.4, 0.5) is 10.5 Å². The number of hydrazine groups is 1. The number of urea groups is 1. The Balaban J connectivity index is 1.60. The van der Waals surface area contributed by atoms with E-state index in [1.54, 1.807) is 0 Å². The third-order valence-electron chi connectivity index (χ3n) is 4.51. The van der Waals surface area contributed by atoms with Gasteiger partial charge in [0.25, 0.3) is 5.91 Å². The summed E-state index contributed by atoms with van der Waals surface area (Å²) >= 11 is 5.23. The van der Waals surface area contributed by atoms with Crippen LogP contribution in [0.5, 0.6) is 5.75 Å². The molecule has 0 atom stereocenters. The van der Waals surface area contributed by atoms with Crippen molar-refractivity contribution in [1.82, 2.24) is 15.8 Å². The third kappa shape index (κ3) is 3.68. The summed E-state index contributed by atoms with van der Waals surface area (Å²) in [6.45, 7) is 2.52. The van der Waals surface area contributed by atoms with Gasteiger partial charge in [0, 0.05) is 5.69 Å². The van der Waals surface area contributed by atoms with Crippen LogP contribution in [0.1, 0.15) is 39.0 Å². The Morgan fingerprint density at radius 3 is 2.56 bits per heavy atom. The van der Waals surface area contributed by atoms with E-state index < -0.39 is 11.6 Å². The van der Waals surface area contributed by atoms with Crippen molar-refractivity contribution in [1.29, 1.82) is 0 Å². The van der Waals surface area contributed by atoms with Crippen molar-refractivity contribution in [2.24, 2.45) is 0 Å². The maximum atomic E-state index is 12.7. The molecule has 3 rings (SSSR count). The number of hydrogen-bond donors (Lipinski definition) is 3. The Bertz CT molecular complexity index is 671. The van der Waals surface area contributed by atoms with Gasteiger partial charge in [0.2, 0.25) is 0 Å². The van der Waals surface area contributed by atoms with Gasteiger partial charge in [-0.25, -0.2) is 4.79 Å². The number of imide groups is 1. The van der Waals surface area contributed by atoms with Gasteiger partial charge in [-0.05, 0) is 56.2 Å². The van der Waals surface area contributed by atoms with E-state index >= 15 is 0 Å². The van der Waals surface area contributed by atoms with Crippen molar-refractivity contribution in [2.75, 3.05) is 11.9 Å². The fourth-order valence-electron chi connectivity index (χ4n) is 3.28. The van der Waals surface area contributed by atoms with Crippen LogP contribution in [0.3, 0.4) is 0 Å². The Hall–Kier alpha value is -2.35. The van der Waals surface area contributed by atoms with Gasteiger partial charge in [-0.2, -0.15) is 5.01 Å². The summed E-state index contributed by atoms with van der Waals surface area (Å²) in [5, 5.41) is 6.95. The summed E-state index contributed by atoms with van der Waals surface area (Å²) in [7, 11) is 0. The molecule has 1 spiro atoms. The first-order chi connectivity index (χ1) is 12.0. The maximum Gasteiger partial charge on any atom is 0.344 e. The number of benzene rings is 1. The summed E-state index contributed by atoms with van der Waals surface area (Å²) in [5.41, 5.74) is 2.67. The van der Waals surface area contributed by atoms with Gasteiger partial charge in [0.1, 0.15) is 11.3 Å². The molecule has 0 radical (unpaired) electrons. The lowest BCUT2D eigenvalue weighted by Gasteiger charge is -2.30. The minimum absolute atomic E-state index is 0.181. The number of rotatable bonds is 4. The monoisotopic (exact) mass is 362 g/mol. The van der Waals surface area contributed by atoms with Crippen molar-refractivity contribution >= 4 is 35.0 Å². The Morgan fingerprint density at radius 2 is 1.92 bits per heavy atom. The zero-order chi connectivity index (χ0) is 17.9. The average molecular weight is 362 g/mol. The first-order valence-corrected chi connectivity index (χ1v) is 8.92. The third-order valence-corrected chi connectivity index (χ3v) is 4.70. The number of ether oxygens (including phenoxy) is 1. The molecule has 1 aromatic rings. The van der Waals surface area contributed by atoms with Crippen molar-refractivity contribution < 1.29 is 14.3 Å².